The number of nitrogens with zero attached hydrogens (tertiary/aromatic N) is 1. The molecule has 4 rings (SSSR count). The molecule has 3 N–H and O–H groups in total. The second-order valence-electron chi connectivity index (χ2n) is 11.2. The Morgan fingerprint density at radius 3 is 2.27 bits per heavy atom. The number of carbonyl (C=O) groups excluding carboxylic acids is 2. The molecule has 0 saturated heterocycles. The van der Waals surface area contributed by atoms with Gasteiger partial charge in [-0.25, -0.2) is 17.6 Å². The number of hydrogen-bond donors (Lipinski definition) is 2. The van der Waals surface area contributed by atoms with Crippen LogP contribution in [0.5, 0.6) is 5.75 Å². The van der Waals surface area contributed by atoms with E-state index >= 15 is 8.78 Å². The highest BCUT2D eigenvalue weighted by atomic mass is 19.1. The van der Waals surface area contributed by atoms with E-state index in [9.17, 15) is 23.2 Å². The summed E-state index contributed by atoms with van der Waals surface area (Å²) in [5.41, 5.74) is 3.24. The summed E-state index contributed by atoms with van der Waals surface area (Å²) in [6, 6.07) is 5.39. The number of carbonyl (C=O) groups is 2. The Balaban J connectivity index is 1.42. The number of rotatable bonds is 13. The van der Waals surface area contributed by atoms with Gasteiger partial charge in [0.2, 0.25) is 0 Å². The lowest BCUT2D eigenvalue weighted by Gasteiger charge is -2.21. The summed E-state index contributed by atoms with van der Waals surface area (Å²) in [5, 5.41) is 3.19. The van der Waals surface area contributed by atoms with Gasteiger partial charge in [-0.1, -0.05) is 13.8 Å². The van der Waals surface area contributed by atoms with E-state index in [1.54, 1.807) is 0 Å². The molecule has 0 unspecified atom stereocenters. The van der Waals surface area contributed by atoms with Gasteiger partial charge in [-0.3, -0.25) is 19.0 Å². The van der Waals surface area contributed by atoms with Gasteiger partial charge in [0, 0.05) is 24.3 Å². The van der Waals surface area contributed by atoms with Gasteiger partial charge in [0.25, 0.3) is 5.56 Å². The summed E-state index contributed by atoms with van der Waals surface area (Å²) >= 11 is 0. The topological polar surface area (TPSA) is 113 Å². The normalized spacial score (nSPS) is 14.2. The highest BCUT2D eigenvalue weighted by Gasteiger charge is 2.26. The summed E-state index contributed by atoms with van der Waals surface area (Å²) in [6.45, 7) is 4.47. The minimum Gasteiger partial charge on any atom is -0.493 e. The molecule has 44 heavy (non-hydrogen) atoms. The number of hydrogen-bond acceptors (Lipinski definition) is 7. The summed E-state index contributed by atoms with van der Waals surface area (Å²) in [7, 11) is 0. The Morgan fingerprint density at radius 1 is 0.977 bits per heavy atom. The van der Waals surface area contributed by atoms with E-state index in [1.165, 1.54) is 0 Å². The molecular weight excluding hydrogens is 582 g/mol. The molecule has 1 heterocycles. The van der Waals surface area contributed by atoms with Gasteiger partial charge in [0.05, 0.1) is 17.7 Å². The van der Waals surface area contributed by atoms with Crippen molar-refractivity contribution in [3.8, 4) is 11.4 Å². The number of halogens is 4. The number of ketones is 1. The maximum Gasteiger partial charge on any atom is 0.323 e. The number of ether oxygens (including phenoxy) is 2. The van der Waals surface area contributed by atoms with Crippen LogP contribution in [0.25, 0.3) is 5.69 Å². The fraction of sp³-hybridized carbons (Fsp3) is 0.406. The van der Waals surface area contributed by atoms with Crippen LogP contribution < -0.4 is 21.3 Å². The zero-order chi connectivity index (χ0) is 32.0. The van der Waals surface area contributed by atoms with Crippen molar-refractivity contribution in [2.24, 2.45) is 5.92 Å². The fourth-order valence-corrected chi connectivity index (χ4v) is 5.16. The zero-order valence-corrected chi connectivity index (χ0v) is 24.5. The molecule has 0 bridgehead atoms. The van der Waals surface area contributed by atoms with E-state index < -0.39 is 63.3 Å². The van der Waals surface area contributed by atoms with Gasteiger partial charge < -0.3 is 20.5 Å². The fourth-order valence-electron chi connectivity index (χ4n) is 5.16. The summed E-state index contributed by atoms with van der Waals surface area (Å²) in [4.78, 5) is 38.2. The smallest absolute Gasteiger partial charge is 0.323 e. The molecule has 2 aromatic carbocycles. The van der Waals surface area contributed by atoms with Gasteiger partial charge in [-0.2, -0.15) is 0 Å². The van der Waals surface area contributed by atoms with Crippen molar-refractivity contribution in [3.05, 3.63) is 87.2 Å². The third kappa shape index (κ3) is 7.85. The largest absolute Gasteiger partial charge is 0.493 e. The Bertz CT molecular complexity index is 1550. The number of nitrogen functional groups attached to an aromatic ring is 1. The van der Waals surface area contributed by atoms with E-state index in [1.807, 2.05) is 13.8 Å². The van der Waals surface area contributed by atoms with Crippen LogP contribution in [0.1, 0.15) is 68.3 Å². The van der Waals surface area contributed by atoms with E-state index in [-0.39, 0.29) is 30.3 Å². The van der Waals surface area contributed by atoms with E-state index in [2.05, 4.69) is 5.32 Å². The number of benzene rings is 2. The average Bonchev–Trinajstić information content (AvgIpc) is 3.46. The number of pyridine rings is 1. The highest BCUT2D eigenvalue weighted by molar-refractivity contribution is 6.11. The molecule has 12 heteroatoms. The van der Waals surface area contributed by atoms with Crippen LogP contribution in [0, 0.1) is 29.2 Å². The van der Waals surface area contributed by atoms with Gasteiger partial charge in [-0.15, -0.1) is 0 Å². The first-order valence-corrected chi connectivity index (χ1v) is 14.5. The van der Waals surface area contributed by atoms with Gasteiger partial charge in [0.15, 0.2) is 17.4 Å². The number of anilines is 1. The first-order chi connectivity index (χ1) is 21.0. The maximum atomic E-state index is 15.2. The predicted molar refractivity (Wildman–Crippen MR) is 156 cm³/mol. The lowest BCUT2D eigenvalue weighted by atomic mass is 10.0. The number of nitrogens with one attached hydrogen (secondary N) is 1. The second kappa shape index (κ2) is 14.5. The number of nitrogens with two attached hydrogens (primary N) is 1. The molecule has 0 spiro atoms. The van der Waals surface area contributed by atoms with Crippen LogP contribution in [0.3, 0.4) is 0 Å². The van der Waals surface area contributed by atoms with Gasteiger partial charge >= 0.3 is 5.97 Å². The highest BCUT2D eigenvalue weighted by Crippen LogP contribution is 2.27. The quantitative estimate of drug-likeness (QED) is 0.113. The lowest BCUT2D eigenvalue weighted by molar-refractivity contribution is -0.151. The van der Waals surface area contributed by atoms with Crippen LogP contribution >= 0.6 is 0 Å². The monoisotopic (exact) mass is 617 g/mol. The van der Waals surface area contributed by atoms with Crippen LogP contribution in [0.2, 0.25) is 0 Å². The maximum absolute atomic E-state index is 15.2. The molecule has 1 aromatic heterocycles. The van der Waals surface area contributed by atoms with Crippen molar-refractivity contribution in [1.82, 2.24) is 9.88 Å². The van der Waals surface area contributed by atoms with Gasteiger partial charge in [0.1, 0.15) is 41.0 Å². The molecule has 1 aliphatic carbocycles. The summed E-state index contributed by atoms with van der Waals surface area (Å²) in [5.74, 6) is -6.29. The minimum atomic E-state index is -1.20. The lowest BCUT2D eigenvalue weighted by Crippen LogP contribution is -2.41. The first kappa shape index (κ1) is 32.7. The SMILES string of the molecule is CC(C)C[C@@H](NCCCOc1cc(F)c(-n2c(N)c(C(=O)c3ccc(F)cc3F)ccc2=O)c(F)c1)C(=O)OC1CCCC1. The van der Waals surface area contributed by atoms with E-state index in [0.717, 1.165) is 62.1 Å². The van der Waals surface area contributed by atoms with Crippen LogP contribution in [0.15, 0.2) is 47.3 Å². The van der Waals surface area contributed by atoms with Crippen molar-refractivity contribution in [3.63, 3.8) is 0 Å². The standard InChI is InChI=1S/C32H35F4N3O5/c1-18(2)14-27(32(42)44-20-6-3-4-7-20)38-12-5-13-43-21-16-25(35)29(26(36)17-21)39-28(40)11-10-23(31(39)37)30(41)22-9-8-19(33)15-24(22)34/h8-11,15-18,20,27,38H,3-7,12-14,37H2,1-2H3/t27-/m1/s1. The number of esters is 1. The van der Waals surface area contributed by atoms with Crippen molar-refractivity contribution in [1.29, 1.82) is 0 Å². The summed E-state index contributed by atoms with van der Waals surface area (Å²) < 4.78 is 69.5. The molecule has 0 radical (unpaired) electrons. The van der Waals surface area contributed by atoms with Crippen molar-refractivity contribution in [2.45, 2.75) is 64.5 Å². The Morgan fingerprint density at radius 2 is 1.64 bits per heavy atom. The molecular formula is C32H35F4N3O5. The van der Waals surface area contributed by atoms with Crippen LogP contribution in [-0.2, 0) is 9.53 Å². The predicted octanol–water partition coefficient (Wildman–Crippen LogP) is 5.47. The molecule has 0 amide bonds. The van der Waals surface area contributed by atoms with Crippen molar-refractivity contribution >= 4 is 17.6 Å². The molecule has 1 aliphatic rings. The van der Waals surface area contributed by atoms with Crippen LogP contribution in [0.4, 0.5) is 23.4 Å². The molecule has 236 valence electrons. The Kier molecular flexibility index (Phi) is 10.8. The molecule has 0 aliphatic heterocycles. The van der Waals surface area contributed by atoms with Gasteiger partial charge in [-0.05, 0) is 69.2 Å². The van der Waals surface area contributed by atoms with E-state index in [0.29, 0.717) is 30.0 Å². The Hall–Kier alpha value is -4.19. The second-order valence-corrected chi connectivity index (χ2v) is 11.2. The van der Waals surface area contributed by atoms with Crippen molar-refractivity contribution in [2.75, 3.05) is 18.9 Å². The minimum absolute atomic E-state index is 0.0398. The third-order valence-electron chi connectivity index (χ3n) is 7.32. The average molecular weight is 618 g/mol. The molecule has 1 fully saturated rings. The molecule has 1 saturated carbocycles. The molecule has 8 nitrogen and oxygen atoms in total. The third-order valence-corrected chi connectivity index (χ3v) is 7.32. The van der Waals surface area contributed by atoms with Crippen molar-refractivity contribution < 1.29 is 36.6 Å². The number of aromatic nitrogens is 1. The zero-order valence-electron chi connectivity index (χ0n) is 24.5. The van der Waals surface area contributed by atoms with E-state index in [4.69, 9.17) is 15.2 Å². The molecule has 3 aromatic rings. The summed E-state index contributed by atoms with van der Waals surface area (Å²) in [6.07, 6.45) is 4.82. The van der Waals surface area contributed by atoms with Crippen LogP contribution in [-0.4, -0.2) is 41.6 Å². The molecule has 1 atom stereocenters. The Labute approximate surface area is 252 Å². The first-order valence-electron chi connectivity index (χ1n) is 14.5.